The molecule has 0 aliphatic heterocycles. The normalized spacial score (nSPS) is 9.83. The van der Waals surface area contributed by atoms with Crippen LogP contribution >= 0.6 is 15.9 Å². The van der Waals surface area contributed by atoms with Gasteiger partial charge in [0.15, 0.2) is 5.82 Å². The molecule has 1 rings (SSSR count). The molecule has 0 saturated carbocycles. The Morgan fingerprint density at radius 2 is 2.17 bits per heavy atom. The number of benzene rings is 1. The number of anilines is 1. The van der Waals surface area contributed by atoms with Crippen molar-refractivity contribution in [1.82, 2.24) is 0 Å². The largest absolute Gasteiger partial charge is 0.478 e. The molecule has 1 aromatic carbocycles. The molecule has 0 fully saturated rings. The van der Waals surface area contributed by atoms with Crippen LogP contribution in [0.15, 0.2) is 16.6 Å². The molecule has 0 atom stereocenters. The van der Waals surface area contributed by atoms with E-state index in [1.165, 1.54) is 12.1 Å². The maximum Gasteiger partial charge on any atom is 0.337 e. The highest BCUT2D eigenvalue weighted by Crippen LogP contribution is 2.24. The molecule has 1 aromatic rings. The second kappa shape index (κ2) is 3.10. The zero-order chi connectivity index (χ0) is 9.30. The van der Waals surface area contributed by atoms with Crippen molar-refractivity contribution < 1.29 is 14.3 Å². The van der Waals surface area contributed by atoms with E-state index in [-0.39, 0.29) is 15.7 Å². The first kappa shape index (κ1) is 8.99. The van der Waals surface area contributed by atoms with Crippen molar-refractivity contribution in [3.63, 3.8) is 0 Å². The van der Waals surface area contributed by atoms with E-state index in [2.05, 4.69) is 15.9 Å². The lowest BCUT2D eigenvalue weighted by molar-refractivity contribution is 0.0697. The zero-order valence-corrected chi connectivity index (χ0v) is 7.43. The van der Waals surface area contributed by atoms with Crippen molar-refractivity contribution in [3.8, 4) is 0 Å². The first-order valence-electron chi connectivity index (χ1n) is 3.01. The first-order chi connectivity index (χ1) is 5.54. The minimum absolute atomic E-state index is 0.157. The standard InChI is InChI=1S/C7H5BrFNO2/c8-4-2-1-3(7(11)12)6(10)5(4)9/h1-2H,10H2,(H,11,12). The van der Waals surface area contributed by atoms with Gasteiger partial charge in [0.25, 0.3) is 0 Å². The van der Waals surface area contributed by atoms with E-state index in [1.54, 1.807) is 0 Å². The van der Waals surface area contributed by atoms with Crippen LogP contribution in [0.3, 0.4) is 0 Å². The van der Waals surface area contributed by atoms with E-state index in [0.29, 0.717) is 0 Å². The van der Waals surface area contributed by atoms with Crippen molar-refractivity contribution in [3.05, 3.63) is 28.0 Å². The Morgan fingerprint density at radius 1 is 1.58 bits per heavy atom. The summed E-state index contributed by atoms with van der Waals surface area (Å²) in [5, 5.41) is 8.52. The van der Waals surface area contributed by atoms with E-state index in [4.69, 9.17) is 10.8 Å². The molecule has 0 heterocycles. The van der Waals surface area contributed by atoms with Crippen LogP contribution in [0.2, 0.25) is 0 Å². The summed E-state index contributed by atoms with van der Waals surface area (Å²) in [6.07, 6.45) is 0. The molecule has 0 aliphatic carbocycles. The molecular weight excluding hydrogens is 229 g/mol. The lowest BCUT2D eigenvalue weighted by atomic mass is 10.2. The van der Waals surface area contributed by atoms with Crippen LogP contribution in [-0.2, 0) is 0 Å². The molecule has 5 heteroatoms. The average Bonchev–Trinajstić information content (AvgIpc) is 2.00. The molecule has 0 aliphatic rings. The molecule has 3 nitrogen and oxygen atoms in total. The van der Waals surface area contributed by atoms with E-state index in [0.717, 1.165) is 0 Å². The van der Waals surface area contributed by atoms with E-state index < -0.39 is 11.8 Å². The Labute approximate surface area is 76.1 Å². The maximum atomic E-state index is 12.9. The number of carboxylic acids is 1. The van der Waals surface area contributed by atoms with Crippen LogP contribution in [0.1, 0.15) is 10.4 Å². The highest BCUT2D eigenvalue weighted by atomic mass is 79.9. The van der Waals surface area contributed by atoms with Crippen LogP contribution in [0.25, 0.3) is 0 Å². The van der Waals surface area contributed by atoms with Gasteiger partial charge in [0.1, 0.15) is 0 Å². The molecule has 0 aromatic heterocycles. The number of nitrogen functional groups attached to an aromatic ring is 1. The predicted molar refractivity (Wildman–Crippen MR) is 45.5 cm³/mol. The Hall–Kier alpha value is -1.10. The average molecular weight is 234 g/mol. The lowest BCUT2D eigenvalue weighted by Crippen LogP contribution is -2.04. The molecule has 0 saturated heterocycles. The second-order valence-electron chi connectivity index (χ2n) is 2.13. The zero-order valence-electron chi connectivity index (χ0n) is 5.84. The minimum Gasteiger partial charge on any atom is -0.478 e. The summed E-state index contributed by atoms with van der Waals surface area (Å²) in [6.45, 7) is 0. The van der Waals surface area contributed by atoms with Gasteiger partial charge in [0.2, 0.25) is 0 Å². The van der Waals surface area contributed by atoms with E-state index in [1.807, 2.05) is 0 Å². The van der Waals surface area contributed by atoms with Gasteiger partial charge in [-0.3, -0.25) is 0 Å². The van der Waals surface area contributed by atoms with Gasteiger partial charge in [-0.05, 0) is 28.1 Å². The number of hydrogen-bond donors (Lipinski definition) is 2. The molecule has 0 bridgehead atoms. The Bertz CT molecular complexity index is 340. The number of carboxylic acid groups (broad SMARTS) is 1. The molecule has 0 amide bonds. The van der Waals surface area contributed by atoms with Gasteiger partial charge < -0.3 is 10.8 Å². The quantitative estimate of drug-likeness (QED) is 0.729. The third-order valence-electron chi connectivity index (χ3n) is 1.36. The molecule has 0 radical (unpaired) electrons. The van der Waals surface area contributed by atoms with Gasteiger partial charge in [-0.1, -0.05) is 0 Å². The number of carbonyl (C=O) groups is 1. The number of aromatic carboxylic acids is 1. The van der Waals surface area contributed by atoms with Crippen molar-refractivity contribution in [2.45, 2.75) is 0 Å². The summed E-state index contributed by atoms with van der Waals surface area (Å²) in [5.74, 6) is -1.98. The van der Waals surface area contributed by atoms with E-state index >= 15 is 0 Å². The van der Waals surface area contributed by atoms with Crippen LogP contribution in [0.5, 0.6) is 0 Å². The predicted octanol–water partition coefficient (Wildman–Crippen LogP) is 1.87. The first-order valence-corrected chi connectivity index (χ1v) is 3.80. The smallest absolute Gasteiger partial charge is 0.337 e. The molecule has 12 heavy (non-hydrogen) atoms. The third-order valence-corrected chi connectivity index (χ3v) is 1.98. The molecule has 0 unspecified atom stereocenters. The van der Waals surface area contributed by atoms with Crippen molar-refractivity contribution in [1.29, 1.82) is 0 Å². The summed E-state index contributed by atoms with van der Waals surface area (Å²) >= 11 is 2.88. The van der Waals surface area contributed by atoms with Gasteiger partial charge in [-0.15, -0.1) is 0 Å². The monoisotopic (exact) mass is 233 g/mol. The fraction of sp³-hybridized carbons (Fsp3) is 0. The van der Waals surface area contributed by atoms with Crippen molar-refractivity contribution >= 4 is 27.6 Å². The third kappa shape index (κ3) is 1.40. The van der Waals surface area contributed by atoms with Gasteiger partial charge in [0.05, 0.1) is 15.7 Å². The van der Waals surface area contributed by atoms with Crippen molar-refractivity contribution in [2.75, 3.05) is 5.73 Å². The Morgan fingerprint density at radius 3 is 2.67 bits per heavy atom. The molecular formula is C7H5BrFNO2. The number of nitrogens with two attached hydrogens (primary N) is 1. The Kier molecular flexibility index (Phi) is 2.32. The summed E-state index contributed by atoms with van der Waals surface area (Å²) in [5.41, 5.74) is 4.62. The second-order valence-corrected chi connectivity index (χ2v) is 2.98. The SMILES string of the molecule is Nc1c(C(=O)O)ccc(Br)c1F. The van der Waals surface area contributed by atoms with Crippen LogP contribution in [-0.4, -0.2) is 11.1 Å². The highest BCUT2D eigenvalue weighted by molar-refractivity contribution is 9.10. The summed E-state index contributed by atoms with van der Waals surface area (Å²) < 4.78 is 13.1. The number of hydrogen-bond acceptors (Lipinski definition) is 2. The molecule has 0 spiro atoms. The summed E-state index contributed by atoms with van der Waals surface area (Å²) in [4.78, 5) is 10.4. The van der Waals surface area contributed by atoms with Gasteiger partial charge >= 0.3 is 5.97 Å². The maximum absolute atomic E-state index is 12.9. The van der Waals surface area contributed by atoms with Crippen molar-refractivity contribution in [2.24, 2.45) is 0 Å². The van der Waals surface area contributed by atoms with Crippen LogP contribution in [0, 0.1) is 5.82 Å². The molecule has 64 valence electrons. The summed E-state index contributed by atoms with van der Waals surface area (Å²) in [7, 11) is 0. The topological polar surface area (TPSA) is 63.3 Å². The van der Waals surface area contributed by atoms with Crippen LogP contribution in [0.4, 0.5) is 10.1 Å². The fourth-order valence-corrected chi connectivity index (χ4v) is 1.10. The number of halogens is 2. The number of rotatable bonds is 1. The van der Waals surface area contributed by atoms with Gasteiger partial charge in [-0.2, -0.15) is 0 Å². The lowest BCUT2D eigenvalue weighted by Gasteiger charge is -2.02. The summed E-state index contributed by atoms with van der Waals surface area (Å²) in [6, 6.07) is 2.54. The van der Waals surface area contributed by atoms with Gasteiger partial charge in [0, 0.05) is 0 Å². The minimum atomic E-state index is -1.24. The molecule has 3 N–H and O–H groups in total. The van der Waals surface area contributed by atoms with Gasteiger partial charge in [-0.25, -0.2) is 9.18 Å². The fourth-order valence-electron chi connectivity index (χ4n) is 0.753. The van der Waals surface area contributed by atoms with E-state index in [9.17, 15) is 9.18 Å². The Balaban J connectivity index is 3.36. The van der Waals surface area contributed by atoms with Crippen LogP contribution < -0.4 is 5.73 Å². The highest BCUT2D eigenvalue weighted by Gasteiger charge is 2.13.